The van der Waals surface area contributed by atoms with Gasteiger partial charge >= 0.3 is 12.0 Å². The van der Waals surface area contributed by atoms with E-state index in [1.54, 1.807) is 10.9 Å². The molecule has 3 N–H and O–H groups in total. The van der Waals surface area contributed by atoms with Crippen LogP contribution in [0.25, 0.3) is 0 Å². The summed E-state index contributed by atoms with van der Waals surface area (Å²) in [5.74, 6) is -0.813. The van der Waals surface area contributed by atoms with Crippen molar-refractivity contribution >= 4 is 12.0 Å². The lowest BCUT2D eigenvalue weighted by atomic mass is 9.74. The van der Waals surface area contributed by atoms with Gasteiger partial charge in [-0.05, 0) is 18.9 Å². The van der Waals surface area contributed by atoms with Gasteiger partial charge in [0, 0.05) is 19.8 Å². The monoisotopic (exact) mass is 294 g/mol. The zero-order chi connectivity index (χ0) is 15.3. The number of nitrogens with zero attached hydrogens (tertiary/aromatic N) is 2. The Kier molecular flexibility index (Phi) is 4.82. The van der Waals surface area contributed by atoms with Crippen LogP contribution in [0, 0.1) is 5.41 Å². The standard InChI is InChI=1S/C14H22N4O3/c1-18-8-5-11(17-18)9-15-13(21)16-10-14(12(19)20)6-3-2-4-7-14/h5,8H,2-4,6-7,9-10H2,1H3,(H,19,20)(H2,15,16,21). The van der Waals surface area contributed by atoms with E-state index < -0.39 is 11.4 Å². The predicted octanol–water partition coefficient (Wildman–Crippen LogP) is 1.25. The molecule has 1 aromatic rings. The Labute approximate surface area is 123 Å². The van der Waals surface area contributed by atoms with Gasteiger partial charge in [-0.25, -0.2) is 4.79 Å². The highest BCUT2D eigenvalue weighted by Gasteiger charge is 2.39. The van der Waals surface area contributed by atoms with E-state index in [2.05, 4.69) is 15.7 Å². The maximum atomic E-state index is 11.8. The zero-order valence-electron chi connectivity index (χ0n) is 12.3. The summed E-state index contributed by atoms with van der Waals surface area (Å²) in [4.78, 5) is 23.3. The molecule has 2 rings (SSSR count). The molecular formula is C14H22N4O3. The van der Waals surface area contributed by atoms with Crippen molar-refractivity contribution in [3.05, 3.63) is 18.0 Å². The molecule has 116 valence electrons. The maximum absolute atomic E-state index is 11.8. The lowest BCUT2D eigenvalue weighted by Gasteiger charge is -2.33. The maximum Gasteiger partial charge on any atom is 0.315 e. The molecule has 0 saturated heterocycles. The fourth-order valence-electron chi connectivity index (χ4n) is 2.74. The summed E-state index contributed by atoms with van der Waals surface area (Å²) < 4.78 is 1.66. The van der Waals surface area contributed by atoms with Gasteiger partial charge in [0.25, 0.3) is 0 Å². The first-order valence-corrected chi connectivity index (χ1v) is 7.25. The van der Waals surface area contributed by atoms with E-state index in [-0.39, 0.29) is 12.6 Å². The van der Waals surface area contributed by atoms with Gasteiger partial charge in [-0.3, -0.25) is 9.48 Å². The number of hydrogen-bond acceptors (Lipinski definition) is 3. The van der Waals surface area contributed by atoms with Gasteiger partial charge in [0.05, 0.1) is 17.7 Å². The van der Waals surface area contributed by atoms with E-state index in [0.29, 0.717) is 19.4 Å². The van der Waals surface area contributed by atoms with Gasteiger partial charge < -0.3 is 15.7 Å². The van der Waals surface area contributed by atoms with Crippen LogP contribution >= 0.6 is 0 Å². The zero-order valence-corrected chi connectivity index (χ0v) is 12.3. The summed E-state index contributed by atoms with van der Waals surface area (Å²) in [6.45, 7) is 0.503. The van der Waals surface area contributed by atoms with Crippen molar-refractivity contribution in [3.63, 3.8) is 0 Å². The summed E-state index contributed by atoms with van der Waals surface area (Å²) >= 11 is 0. The molecule has 7 nitrogen and oxygen atoms in total. The second-order valence-electron chi connectivity index (χ2n) is 5.66. The number of rotatable bonds is 5. The third kappa shape index (κ3) is 3.96. The number of carboxylic acids is 1. The van der Waals surface area contributed by atoms with E-state index in [0.717, 1.165) is 25.0 Å². The van der Waals surface area contributed by atoms with Crippen molar-refractivity contribution in [3.8, 4) is 0 Å². The van der Waals surface area contributed by atoms with Crippen LogP contribution in [0.2, 0.25) is 0 Å². The molecule has 1 aliphatic rings. The van der Waals surface area contributed by atoms with E-state index in [4.69, 9.17) is 0 Å². The summed E-state index contributed by atoms with van der Waals surface area (Å²) in [6, 6.07) is 1.46. The highest BCUT2D eigenvalue weighted by molar-refractivity contribution is 5.78. The predicted molar refractivity (Wildman–Crippen MR) is 76.6 cm³/mol. The van der Waals surface area contributed by atoms with Crippen molar-refractivity contribution in [2.45, 2.75) is 38.6 Å². The number of nitrogens with one attached hydrogen (secondary N) is 2. The Hall–Kier alpha value is -2.05. The smallest absolute Gasteiger partial charge is 0.315 e. The Morgan fingerprint density at radius 2 is 2.05 bits per heavy atom. The Morgan fingerprint density at radius 1 is 1.33 bits per heavy atom. The molecule has 0 bridgehead atoms. The minimum absolute atomic E-state index is 0.177. The molecule has 1 heterocycles. The van der Waals surface area contributed by atoms with Crippen LogP contribution in [-0.4, -0.2) is 33.4 Å². The highest BCUT2D eigenvalue weighted by Crippen LogP contribution is 2.35. The van der Waals surface area contributed by atoms with Gasteiger partial charge in [0.1, 0.15) is 0 Å². The van der Waals surface area contributed by atoms with Gasteiger partial charge in [0.2, 0.25) is 0 Å². The van der Waals surface area contributed by atoms with Crippen molar-refractivity contribution in [1.82, 2.24) is 20.4 Å². The lowest BCUT2D eigenvalue weighted by Crippen LogP contribution is -2.47. The van der Waals surface area contributed by atoms with Gasteiger partial charge in [0.15, 0.2) is 0 Å². The Bertz CT molecular complexity index is 506. The van der Waals surface area contributed by atoms with Crippen LogP contribution in [0.1, 0.15) is 37.8 Å². The summed E-state index contributed by atoms with van der Waals surface area (Å²) in [7, 11) is 1.81. The average Bonchev–Trinajstić information content (AvgIpc) is 2.89. The van der Waals surface area contributed by atoms with Gasteiger partial charge in [-0.1, -0.05) is 19.3 Å². The minimum Gasteiger partial charge on any atom is -0.481 e. The van der Waals surface area contributed by atoms with Crippen LogP contribution in [0.3, 0.4) is 0 Å². The second-order valence-corrected chi connectivity index (χ2v) is 5.66. The molecule has 0 spiro atoms. The van der Waals surface area contributed by atoms with Crippen LogP contribution in [0.15, 0.2) is 12.3 Å². The number of hydrogen-bond donors (Lipinski definition) is 3. The fourth-order valence-corrected chi connectivity index (χ4v) is 2.74. The third-order valence-corrected chi connectivity index (χ3v) is 4.05. The normalized spacial score (nSPS) is 17.2. The van der Waals surface area contributed by atoms with Crippen molar-refractivity contribution in [2.75, 3.05) is 6.54 Å². The highest BCUT2D eigenvalue weighted by atomic mass is 16.4. The first-order valence-electron chi connectivity index (χ1n) is 7.25. The molecule has 0 aliphatic heterocycles. The SMILES string of the molecule is Cn1ccc(CNC(=O)NCC2(C(=O)O)CCCCC2)n1. The number of aliphatic carboxylic acids is 1. The largest absolute Gasteiger partial charge is 0.481 e. The first kappa shape index (κ1) is 15.3. The van der Waals surface area contributed by atoms with Crippen molar-refractivity contribution < 1.29 is 14.7 Å². The van der Waals surface area contributed by atoms with Crippen molar-refractivity contribution in [2.24, 2.45) is 12.5 Å². The van der Waals surface area contributed by atoms with Gasteiger partial charge in [-0.15, -0.1) is 0 Å². The molecule has 1 fully saturated rings. The molecular weight excluding hydrogens is 272 g/mol. The lowest BCUT2D eigenvalue weighted by molar-refractivity contribution is -0.150. The topological polar surface area (TPSA) is 96.2 Å². The minimum atomic E-state index is -0.813. The summed E-state index contributed by atoms with van der Waals surface area (Å²) in [5.41, 5.74) is -0.0427. The van der Waals surface area contributed by atoms with E-state index >= 15 is 0 Å². The quantitative estimate of drug-likeness (QED) is 0.761. The number of amides is 2. The van der Waals surface area contributed by atoms with Crippen LogP contribution in [0.5, 0.6) is 0 Å². The Balaban J connectivity index is 1.80. The van der Waals surface area contributed by atoms with E-state index in [1.807, 2.05) is 13.1 Å². The molecule has 0 unspecified atom stereocenters. The molecule has 21 heavy (non-hydrogen) atoms. The Morgan fingerprint density at radius 3 is 2.62 bits per heavy atom. The molecule has 0 radical (unpaired) electrons. The molecule has 7 heteroatoms. The van der Waals surface area contributed by atoms with Gasteiger partial charge in [-0.2, -0.15) is 5.10 Å². The fraction of sp³-hybridized carbons (Fsp3) is 0.643. The van der Waals surface area contributed by atoms with E-state index in [9.17, 15) is 14.7 Å². The van der Waals surface area contributed by atoms with Crippen LogP contribution in [-0.2, 0) is 18.4 Å². The number of carboxylic acid groups (broad SMARTS) is 1. The molecule has 1 aliphatic carbocycles. The molecule has 0 atom stereocenters. The molecule has 0 aromatic carbocycles. The number of aromatic nitrogens is 2. The summed E-state index contributed by atoms with van der Waals surface area (Å²) in [5, 5.41) is 19.0. The number of aryl methyl sites for hydroxylation is 1. The summed E-state index contributed by atoms with van der Waals surface area (Å²) in [6.07, 6.45) is 5.94. The molecule has 1 saturated carbocycles. The second kappa shape index (κ2) is 6.60. The van der Waals surface area contributed by atoms with Crippen LogP contribution in [0.4, 0.5) is 4.79 Å². The molecule has 1 aromatic heterocycles. The van der Waals surface area contributed by atoms with Crippen molar-refractivity contribution in [1.29, 1.82) is 0 Å². The van der Waals surface area contributed by atoms with E-state index in [1.165, 1.54) is 0 Å². The third-order valence-electron chi connectivity index (χ3n) is 4.05. The number of carbonyl (C=O) groups excluding carboxylic acids is 1. The first-order chi connectivity index (χ1) is 10.0. The molecule has 2 amide bonds. The number of urea groups is 1. The average molecular weight is 294 g/mol. The van der Waals surface area contributed by atoms with Crippen LogP contribution < -0.4 is 10.6 Å². The number of carbonyl (C=O) groups is 2.